The van der Waals surface area contributed by atoms with E-state index in [1.807, 2.05) is 18.2 Å². The van der Waals surface area contributed by atoms with Crippen molar-refractivity contribution in [3.8, 4) is 0 Å². The van der Waals surface area contributed by atoms with Gasteiger partial charge in [-0.25, -0.2) is 18.0 Å². The van der Waals surface area contributed by atoms with E-state index in [0.717, 1.165) is 18.7 Å². The molecule has 0 spiro atoms. The first-order chi connectivity index (χ1) is 33.0. The van der Waals surface area contributed by atoms with Gasteiger partial charge in [0, 0.05) is 19.1 Å². The van der Waals surface area contributed by atoms with Crippen molar-refractivity contribution in [1.82, 2.24) is 31.9 Å². The first-order valence-corrected chi connectivity index (χ1v) is 24.9. The lowest BCUT2D eigenvalue weighted by molar-refractivity contribution is -0.147. The Hall–Kier alpha value is -6.47. The van der Waals surface area contributed by atoms with Crippen LogP contribution in [0.5, 0.6) is 0 Å². The van der Waals surface area contributed by atoms with Crippen molar-refractivity contribution in [1.29, 1.82) is 0 Å². The van der Waals surface area contributed by atoms with Gasteiger partial charge < -0.3 is 56.7 Å². The maximum Gasteiger partial charge on any atom is 0.408 e. The van der Waals surface area contributed by atoms with Crippen LogP contribution in [-0.4, -0.2) is 144 Å². The number of aliphatic hydroxyl groups excluding tert-OH is 3. The van der Waals surface area contributed by atoms with Gasteiger partial charge in [0.2, 0.25) is 29.5 Å². The van der Waals surface area contributed by atoms with Gasteiger partial charge in [-0.3, -0.25) is 24.0 Å². The van der Waals surface area contributed by atoms with Gasteiger partial charge in [-0.15, -0.1) is 11.8 Å². The van der Waals surface area contributed by atoms with Gasteiger partial charge in [0.15, 0.2) is 9.84 Å². The predicted molar refractivity (Wildman–Crippen MR) is 258 cm³/mol. The van der Waals surface area contributed by atoms with Gasteiger partial charge in [0.25, 0.3) is 0 Å². The molecule has 3 aromatic rings. The van der Waals surface area contributed by atoms with E-state index in [1.54, 1.807) is 87.5 Å². The third-order valence-corrected chi connectivity index (χ3v) is 12.0. The van der Waals surface area contributed by atoms with Crippen molar-refractivity contribution in [3.05, 3.63) is 96.1 Å². The quantitative estimate of drug-likeness (QED) is 0.0236. The lowest BCUT2D eigenvalue weighted by Crippen LogP contribution is -2.62. The zero-order valence-corrected chi connectivity index (χ0v) is 41.3. The van der Waals surface area contributed by atoms with E-state index >= 15 is 0 Å². The number of rotatable bonds is 26. The van der Waals surface area contributed by atoms with Crippen molar-refractivity contribution < 1.29 is 66.8 Å². The molecule has 70 heavy (non-hydrogen) atoms. The fourth-order valence-electron chi connectivity index (χ4n) is 6.01. The van der Waals surface area contributed by atoms with Crippen molar-refractivity contribution >= 4 is 74.6 Å². The number of carbonyl (C=O) groups is 7. The zero-order chi connectivity index (χ0) is 52.0. The van der Waals surface area contributed by atoms with Gasteiger partial charge in [0.1, 0.15) is 42.4 Å². The Bertz CT molecular complexity index is 2350. The van der Waals surface area contributed by atoms with Crippen molar-refractivity contribution in [2.45, 2.75) is 102 Å². The molecule has 0 aromatic heterocycles. The number of hydrogen-bond acceptors (Lipinski definition) is 17. The molecule has 3 aromatic carbocycles. The van der Waals surface area contributed by atoms with Crippen LogP contribution in [0.25, 0.3) is 0 Å². The number of sulfone groups is 1. The highest BCUT2D eigenvalue weighted by Crippen LogP contribution is 2.20. The second-order valence-corrected chi connectivity index (χ2v) is 20.1. The van der Waals surface area contributed by atoms with E-state index in [-0.39, 0.29) is 24.0 Å². The number of carbonyl (C=O) groups excluding carboxylic acids is 7. The summed E-state index contributed by atoms with van der Waals surface area (Å²) in [5.41, 5.74) is 1.16. The molecular formula is C46H62N8O14S2. The van der Waals surface area contributed by atoms with E-state index in [1.165, 1.54) is 13.8 Å². The minimum atomic E-state index is -3.83. The molecule has 0 saturated heterocycles. The Morgan fingerprint density at radius 2 is 1.19 bits per heavy atom. The molecule has 0 aliphatic heterocycles. The summed E-state index contributed by atoms with van der Waals surface area (Å²) in [5, 5.41) is 53.7. The first-order valence-electron chi connectivity index (χ1n) is 21.9. The second-order valence-electron chi connectivity index (χ2n) is 16.9. The van der Waals surface area contributed by atoms with Crippen molar-refractivity contribution in [2.24, 2.45) is 10.2 Å². The first kappa shape index (κ1) is 57.8. The summed E-state index contributed by atoms with van der Waals surface area (Å²) in [6, 6.07) is 15.5. The molecule has 0 radical (unpaired) electrons. The monoisotopic (exact) mass is 1010 g/mol. The molecule has 0 unspecified atom stereocenters. The molecule has 24 heteroatoms. The largest absolute Gasteiger partial charge is 0.463 e. The number of benzene rings is 3. The number of nitrogens with one attached hydrogen (secondary N) is 6. The average Bonchev–Trinajstić information content (AvgIpc) is 3.29. The number of esters is 1. The summed E-state index contributed by atoms with van der Waals surface area (Å²) < 4.78 is 36.4. The molecule has 0 heterocycles. The summed E-state index contributed by atoms with van der Waals surface area (Å²) >= 11 is 0.987. The number of amides is 6. The fourth-order valence-corrected chi connectivity index (χ4v) is 8.07. The Morgan fingerprint density at radius 3 is 1.73 bits per heavy atom. The highest BCUT2D eigenvalue weighted by Gasteiger charge is 2.36. The van der Waals surface area contributed by atoms with Crippen LogP contribution in [0, 0.1) is 0 Å². The molecule has 382 valence electrons. The molecule has 6 amide bonds. The molecule has 22 nitrogen and oxygen atoms in total. The minimum Gasteiger partial charge on any atom is -0.463 e. The standard InChI is InChI=1S/C46H62N8O14S2/c1-28(56)38(51-40(59)35(23-31-13-9-7-10-14-31)48-43(62)39(29(2)57)52-45(64)68-46(4,5)6)42(61)49-36(24-55)41(60)50-37(25-69-27-47-30(3)58)44(63)67-21-22-70(65,66)26-32-17-19-34(20-18-32)54-53-33-15-11-8-12-16-33/h7-20,28-29,35-39,55-57H,21-27H2,1-6H3,(H,47,58)(H,48,62)(H,49,61)(H,50,60)(H,51,59)(H,52,64)/t28-,29-,35+,36+,37+,38+,39+/m1/s1. The fraction of sp³-hybridized carbons (Fsp3) is 0.457. The van der Waals surface area contributed by atoms with Crippen LogP contribution in [0.3, 0.4) is 0 Å². The van der Waals surface area contributed by atoms with Crippen LogP contribution in [0.15, 0.2) is 95.2 Å². The Morgan fingerprint density at radius 1 is 0.671 bits per heavy atom. The van der Waals surface area contributed by atoms with Crippen molar-refractivity contribution in [2.75, 3.05) is 30.6 Å². The Kier molecular flexibility index (Phi) is 23.4. The van der Waals surface area contributed by atoms with E-state index in [9.17, 15) is 57.3 Å². The summed E-state index contributed by atoms with van der Waals surface area (Å²) in [6.07, 6.45) is -4.31. The number of thioether (sulfide) groups is 1. The van der Waals surface area contributed by atoms with Gasteiger partial charge in [-0.05, 0) is 70.0 Å². The van der Waals surface area contributed by atoms with E-state index < -0.39 is 118 Å². The van der Waals surface area contributed by atoms with Crippen molar-refractivity contribution in [3.63, 3.8) is 0 Å². The van der Waals surface area contributed by atoms with Gasteiger partial charge >= 0.3 is 12.1 Å². The number of hydrogen-bond donors (Lipinski definition) is 9. The smallest absolute Gasteiger partial charge is 0.408 e. The maximum absolute atomic E-state index is 13.9. The number of alkyl carbamates (subject to hydrolysis) is 1. The third kappa shape index (κ3) is 21.4. The summed E-state index contributed by atoms with van der Waals surface area (Å²) in [5.74, 6) is -6.96. The predicted octanol–water partition coefficient (Wildman–Crippen LogP) is 1.22. The molecule has 3 rings (SSSR count). The van der Waals surface area contributed by atoms with Crippen LogP contribution < -0.4 is 31.9 Å². The van der Waals surface area contributed by atoms with Crippen LogP contribution >= 0.6 is 11.8 Å². The molecule has 0 aliphatic carbocycles. The van der Waals surface area contributed by atoms with E-state index in [4.69, 9.17) is 9.47 Å². The highest BCUT2D eigenvalue weighted by atomic mass is 32.2. The minimum absolute atomic E-state index is 0.00261. The number of azo groups is 1. The molecule has 0 fully saturated rings. The molecule has 0 aliphatic rings. The van der Waals surface area contributed by atoms with Gasteiger partial charge in [-0.2, -0.15) is 10.2 Å². The zero-order valence-electron chi connectivity index (χ0n) is 39.6. The van der Waals surface area contributed by atoms with Gasteiger partial charge in [0.05, 0.1) is 47.6 Å². The van der Waals surface area contributed by atoms with Gasteiger partial charge in [-0.1, -0.05) is 60.7 Å². The number of nitrogens with zero attached hydrogens (tertiary/aromatic N) is 2. The summed E-state index contributed by atoms with van der Waals surface area (Å²) in [6.45, 7) is 6.75. The summed E-state index contributed by atoms with van der Waals surface area (Å²) in [7, 11) is -3.83. The normalized spacial score (nSPS) is 14.6. The van der Waals surface area contributed by atoms with Crippen LogP contribution in [0.4, 0.5) is 16.2 Å². The lowest BCUT2D eigenvalue weighted by atomic mass is 10.0. The third-order valence-electron chi connectivity index (χ3n) is 9.54. The average molecular weight is 1020 g/mol. The Labute approximate surface area is 410 Å². The highest BCUT2D eigenvalue weighted by molar-refractivity contribution is 7.99. The SMILES string of the molecule is CC(=O)NCSC[C@H](NC(=O)[C@H](CO)NC(=O)[C@@H](NC(=O)[C@H](Cc1ccccc1)NC(=O)[C@@H](NC(=O)OC(C)(C)C)[C@@H](C)O)[C@@H](C)O)C(=O)OCCS(=O)(=O)Cc1ccc(N=Nc2ccccc2)cc1. The molecule has 0 bridgehead atoms. The molecule has 7 atom stereocenters. The molecule has 0 saturated carbocycles. The topological polar surface area (TPSA) is 330 Å². The van der Waals surface area contributed by atoms with E-state index in [0.29, 0.717) is 22.5 Å². The number of aliphatic hydroxyl groups is 3. The molecule has 9 N–H and O–H groups in total. The summed E-state index contributed by atoms with van der Waals surface area (Å²) in [4.78, 5) is 91.7. The second kappa shape index (κ2) is 28.3. The van der Waals surface area contributed by atoms with Crippen LogP contribution in [0.2, 0.25) is 0 Å². The Balaban J connectivity index is 1.70. The number of ether oxygens (including phenoxy) is 2. The maximum atomic E-state index is 13.9. The molecular weight excluding hydrogens is 953 g/mol. The van der Waals surface area contributed by atoms with E-state index in [2.05, 4.69) is 42.1 Å². The van der Waals surface area contributed by atoms with Crippen LogP contribution in [0.1, 0.15) is 52.7 Å². The lowest BCUT2D eigenvalue weighted by Gasteiger charge is -2.28. The van der Waals surface area contributed by atoms with Crippen LogP contribution in [-0.2, 0) is 60.3 Å².